The van der Waals surface area contributed by atoms with Gasteiger partial charge in [0.2, 0.25) is 0 Å². The van der Waals surface area contributed by atoms with Gasteiger partial charge in [0.15, 0.2) is 0 Å². The van der Waals surface area contributed by atoms with Crippen molar-refractivity contribution in [2.24, 2.45) is 0 Å². The van der Waals surface area contributed by atoms with Crippen LogP contribution in [0.15, 0.2) is 24.3 Å². The molecule has 0 saturated carbocycles. The normalized spacial score (nSPS) is 19.4. The summed E-state index contributed by atoms with van der Waals surface area (Å²) in [6.07, 6.45) is -5.02. The minimum Gasteiger partial charge on any atom is -0.314 e. The standard InChI is InChI=1S/C13H16ClF3N2/c14-11-3-1-2-10(8-11)12(9-13(15,16)17)19-6-4-18-5-7-19/h1-3,8,12,18H,4-7,9H2/t12-/m0/s1. The van der Waals surface area contributed by atoms with Crippen LogP contribution in [-0.2, 0) is 0 Å². The van der Waals surface area contributed by atoms with Gasteiger partial charge in [0.1, 0.15) is 0 Å². The maximum atomic E-state index is 12.8. The number of nitrogens with zero attached hydrogens (tertiary/aromatic N) is 1. The van der Waals surface area contributed by atoms with Crippen molar-refractivity contribution in [3.63, 3.8) is 0 Å². The van der Waals surface area contributed by atoms with Gasteiger partial charge < -0.3 is 5.32 Å². The molecule has 1 saturated heterocycles. The summed E-state index contributed by atoms with van der Waals surface area (Å²) in [5.41, 5.74) is 0.631. The molecule has 0 amide bonds. The molecule has 1 heterocycles. The van der Waals surface area contributed by atoms with E-state index in [4.69, 9.17) is 11.6 Å². The second-order valence-corrected chi connectivity index (χ2v) is 5.11. The van der Waals surface area contributed by atoms with Crippen LogP contribution in [-0.4, -0.2) is 37.3 Å². The van der Waals surface area contributed by atoms with Gasteiger partial charge in [0.25, 0.3) is 0 Å². The number of hydrogen-bond acceptors (Lipinski definition) is 2. The fourth-order valence-electron chi connectivity index (χ4n) is 2.38. The third kappa shape index (κ3) is 4.37. The van der Waals surface area contributed by atoms with Gasteiger partial charge in [0.05, 0.1) is 6.42 Å². The Kier molecular flexibility index (Phi) is 4.71. The van der Waals surface area contributed by atoms with Gasteiger partial charge in [-0.1, -0.05) is 23.7 Å². The summed E-state index contributed by atoms with van der Waals surface area (Å²) in [6, 6.07) is 6.06. The van der Waals surface area contributed by atoms with E-state index in [9.17, 15) is 13.2 Å². The van der Waals surface area contributed by atoms with E-state index >= 15 is 0 Å². The fraction of sp³-hybridized carbons (Fsp3) is 0.538. The third-order valence-corrected chi connectivity index (χ3v) is 3.49. The highest BCUT2D eigenvalue weighted by atomic mass is 35.5. The predicted molar refractivity (Wildman–Crippen MR) is 69.3 cm³/mol. The van der Waals surface area contributed by atoms with Crippen LogP contribution in [0.4, 0.5) is 13.2 Å². The first-order valence-electron chi connectivity index (χ1n) is 6.23. The Morgan fingerprint density at radius 2 is 1.95 bits per heavy atom. The highest BCUT2D eigenvalue weighted by molar-refractivity contribution is 6.30. The smallest absolute Gasteiger partial charge is 0.314 e. The van der Waals surface area contributed by atoms with Gasteiger partial charge >= 0.3 is 6.18 Å². The largest absolute Gasteiger partial charge is 0.390 e. The first-order valence-corrected chi connectivity index (χ1v) is 6.60. The van der Waals surface area contributed by atoms with E-state index in [1.54, 1.807) is 24.3 Å². The molecule has 0 aliphatic carbocycles. The summed E-state index contributed by atoms with van der Waals surface area (Å²) < 4.78 is 38.3. The topological polar surface area (TPSA) is 15.3 Å². The molecular formula is C13H16ClF3N2. The van der Waals surface area contributed by atoms with E-state index in [1.165, 1.54) is 0 Å². The molecule has 1 atom stereocenters. The minimum absolute atomic E-state index is 0.472. The summed E-state index contributed by atoms with van der Waals surface area (Å²) in [5, 5.41) is 3.62. The molecule has 0 unspecified atom stereocenters. The average molecular weight is 293 g/mol. The van der Waals surface area contributed by atoms with E-state index in [0.717, 1.165) is 13.1 Å². The van der Waals surface area contributed by atoms with Gasteiger partial charge in [-0.15, -0.1) is 0 Å². The Morgan fingerprint density at radius 1 is 1.26 bits per heavy atom. The van der Waals surface area contributed by atoms with Gasteiger partial charge in [-0.2, -0.15) is 13.2 Å². The van der Waals surface area contributed by atoms with Crippen molar-refractivity contribution in [1.82, 2.24) is 10.2 Å². The van der Waals surface area contributed by atoms with Crippen molar-refractivity contribution in [3.05, 3.63) is 34.9 Å². The van der Waals surface area contributed by atoms with Crippen molar-refractivity contribution in [2.45, 2.75) is 18.6 Å². The van der Waals surface area contributed by atoms with Gasteiger partial charge in [0, 0.05) is 37.2 Å². The molecule has 1 aliphatic heterocycles. The number of piperazine rings is 1. The Labute approximate surface area is 115 Å². The molecule has 0 aromatic heterocycles. The zero-order valence-electron chi connectivity index (χ0n) is 10.4. The molecular weight excluding hydrogens is 277 g/mol. The zero-order chi connectivity index (χ0) is 13.9. The molecule has 1 aromatic rings. The summed E-state index contributed by atoms with van der Waals surface area (Å²) >= 11 is 5.89. The molecule has 6 heteroatoms. The van der Waals surface area contributed by atoms with Crippen LogP contribution >= 0.6 is 11.6 Å². The van der Waals surface area contributed by atoms with Crippen molar-refractivity contribution >= 4 is 11.6 Å². The maximum Gasteiger partial charge on any atom is 0.390 e. The Balaban J connectivity index is 2.22. The Hall–Kier alpha value is -0.780. The number of alkyl halides is 3. The lowest BCUT2D eigenvalue weighted by atomic mass is 10.0. The number of rotatable bonds is 3. The maximum absolute atomic E-state index is 12.8. The van der Waals surface area contributed by atoms with Crippen LogP contribution in [0, 0.1) is 0 Å². The lowest BCUT2D eigenvalue weighted by Crippen LogP contribution is -2.46. The van der Waals surface area contributed by atoms with Gasteiger partial charge in [-0.05, 0) is 17.7 Å². The van der Waals surface area contributed by atoms with Crippen LogP contribution in [0.1, 0.15) is 18.0 Å². The first kappa shape index (κ1) is 14.6. The van der Waals surface area contributed by atoms with Crippen LogP contribution in [0.2, 0.25) is 5.02 Å². The van der Waals surface area contributed by atoms with Crippen molar-refractivity contribution in [3.8, 4) is 0 Å². The Bertz CT molecular complexity index is 417. The highest BCUT2D eigenvalue weighted by Gasteiger charge is 2.35. The molecule has 1 fully saturated rings. The Morgan fingerprint density at radius 3 is 2.53 bits per heavy atom. The molecule has 106 valence electrons. The van der Waals surface area contributed by atoms with Gasteiger partial charge in [-0.25, -0.2) is 0 Å². The molecule has 1 aromatic carbocycles. The van der Waals surface area contributed by atoms with E-state index < -0.39 is 18.6 Å². The molecule has 1 N–H and O–H groups in total. The van der Waals surface area contributed by atoms with E-state index in [0.29, 0.717) is 23.7 Å². The van der Waals surface area contributed by atoms with Crippen LogP contribution in [0.3, 0.4) is 0 Å². The number of halogens is 4. The second-order valence-electron chi connectivity index (χ2n) is 4.68. The molecule has 1 aliphatic rings. The summed E-state index contributed by atoms with van der Waals surface area (Å²) in [5.74, 6) is 0. The second kappa shape index (κ2) is 6.11. The van der Waals surface area contributed by atoms with Crippen molar-refractivity contribution in [2.75, 3.05) is 26.2 Å². The molecule has 19 heavy (non-hydrogen) atoms. The molecule has 0 radical (unpaired) electrons. The van der Waals surface area contributed by atoms with Crippen LogP contribution < -0.4 is 5.32 Å². The van der Waals surface area contributed by atoms with E-state index in [1.807, 2.05) is 4.90 Å². The van der Waals surface area contributed by atoms with Crippen LogP contribution in [0.25, 0.3) is 0 Å². The highest BCUT2D eigenvalue weighted by Crippen LogP contribution is 2.34. The lowest BCUT2D eigenvalue weighted by Gasteiger charge is -2.35. The fourth-order valence-corrected chi connectivity index (χ4v) is 2.58. The average Bonchev–Trinajstić information content (AvgIpc) is 2.36. The molecule has 0 bridgehead atoms. The van der Waals surface area contributed by atoms with E-state index in [-0.39, 0.29) is 0 Å². The number of hydrogen-bond donors (Lipinski definition) is 1. The van der Waals surface area contributed by atoms with Crippen molar-refractivity contribution < 1.29 is 13.2 Å². The third-order valence-electron chi connectivity index (χ3n) is 3.25. The summed E-state index contributed by atoms with van der Waals surface area (Å²) in [7, 11) is 0. The SMILES string of the molecule is FC(F)(F)C[C@@H](c1cccc(Cl)c1)N1CCNCC1. The summed E-state index contributed by atoms with van der Waals surface area (Å²) in [4.78, 5) is 1.87. The number of benzene rings is 1. The molecule has 2 nitrogen and oxygen atoms in total. The quantitative estimate of drug-likeness (QED) is 0.920. The zero-order valence-corrected chi connectivity index (χ0v) is 11.1. The van der Waals surface area contributed by atoms with Gasteiger partial charge in [-0.3, -0.25) is 4.90 Å². The minimum atomic E-state index is -4.18. The number of nitrogens with one attached hydrogen (secondary N) is 1. The predicted octanol–water partition coefficient (Wildman–Crippen LogP) is 3.24. The summed E-state index contributed by atoms with van der Waals surface area (Å²) in [6.45, 7) is 2.67. The van der Waals surface area contributed by atoms with Crippen molar-refractivity contribution in [1.29, 1.82) is 0 Å². The monoisotopic (exact) mass is 292 g/mol. The first-order chi connectivity index (χ1) is 8.96. The molecule has 0 spiro atoms. The van der Waals surface area contributed by atoms with E-state index in [2.05, 4.69) is 5.32 Å². The van der Waals surface area contributed by atoms with Crippen LogP contribution in [0.5, 0.6) is 0 Å². The lowest BCUT2D eigenvalue weighted by molar-refractivity contribution is -0.148. The molecule has 2 rings (SSSR count).